The van der Waals surface area contributed by atoms with Crippen LogP contribution in [0, 0.1) is 0 Å². The van der Waals surface area contributed by atoms with Gasteiger partial charge in [-0.25, -0.2) is 0 Å². The van der Waals surface area contributed by atoms with Gasteiger partial charge in [0.15, 0.2) is 0 Å². The molecule has 1 atom stereocenters. The average Bonchev–Trinajstić information content (AvgIpc) is 2.50. The van der Waals surface area contributed by atoms with Crippen molar-refractivity contribution in [3.05, 3.63) is 72.8 Å². The third-order valence-electron chi connectivity index (χ3n) is 3.68. The van der Waals surface area contributed by atoms with E-state index in [0.717, 1.165) is 19.3 Å². The highest BCUT2D eigenvalue weighted by Gasteiger charge is 2.10. The Morgan fingerprint density at radius 2 is 1.90 bits per heavy atom. The molecule has 1 heteroatoms. The van der Waals surface area contributed by atoms with Crippen LogP contribution in [0.15, 0.2) is 67.3 Å². The summed E-state index contributed by atoms with van der Waals surface area (Å²) in [6.45, 7) is 8.30. The van der Waals surface area contributed by atoms with E-state index in [1.54, 1.807) is 0 Å². The van der Waals surface area contributed by atoms with E-state index in [2.05, 4.69) is 55.6 Å². The summed E-state index contributed by atoms with van der Waals surface area (Å²) in [6.07, 6.45) is 4.57. The second kappa shape index (κ2) is 7.06. The van der Waals surface area contributed by atoms with Crippen LogP contribution in [0.3, 0.4) is 0 Å². The molecule has 0 unspecified atom stereocenters. The van der Waals surface area contributed by atoms with Crippen LogP contribution in [-0.4, -0.2) is 11.7 Å². The first-order valence-electron chi connectivity index (χ1n) is 7.13. The summed E-state index contributed by atoms with van der Waals surface area (Å²) in [6, 6.07) is 15.0. The number of aliphatic hydroxyl groups is 1. The molecular weight excluding hydrogens is 244 g/mol. The van der Waals surface area contributed by atoms with Gasteiger partial charge in [0.05, 0.1) is 0 Å². The first-order valence-corrected chi connectivity index (χ1v) is 7.13. The van der Waals surface area contributed by atoms with Gasteiger partial charge in [0.1, 0.15) is 0 Å². The molecule has 0 aliphatic carbocycles. The fourth-order valence-corrected chi connectivity index (χ4v) is 2.52. The van der Waals surface area contributed by atoms with Crippen molar-refractivity contribution in [3.8, 4) is 0 Å². The van der Waals surface area contributed by atoms with Crippen LogP contribution in [0.25, 0.3) is 10.8 Å². The predicted octanol–water partition coefficient (Wildman–Crippen LogP) is 4.83. The molecule has 0 bridgehead atoms. The molecule has 0 amide bonds. The van der Waals surface area contributed by atoms with Crippen molar-refractivity contribution in [2.75, 3.05) is 6.61 Å². The Kier molecular flexibility index (Phi) is 5.14. The van der Waals surface area contributed by atoms with Crippen LogP contribution in [0.5, 0.6) is 0 Å². The monoisotopic (exact) mass is 266 g/mol. The van der Waals surface area contributed by atoms with Gasteiger partial charge in [-0.1, -0.05) is 60.7 Å². The molecule has 2 rings (SSSR count). The molecule has 0 spiro atoms. The number of rotatable bonds is 7. The molecule has 104 valence electrons. The zero-order chi connectivity index (χ0) is 14.4. The van der Waals surface area contributed by atoms with Gasteiger partial charge < -0.3 is 5.11 Å². The van der Waals surface area contributed by atoms with Gasteiger partial charge in [-0.2, -0.15) is 0 Å². The van der Waals surface area contributed by atoms with Crippen molar-refractivity contribution >= 4 is 10.8 Å². The number of allylic oxidation sites excluding steroid dienone is 2. The fraction of sp³-hybridized carbons (Fsp3) is 0.263. The van der Waals surface area contributed by atoms with E-state index in [0.29, 0.717) is 5.92 Å². The minimum Gasteiger partial charge on any atom is -0.396 e. The first kappa shape index (κ1) is 14.5. The van der Waals surface area contributed by atoms with Crippen LogP contribution in [0.1, 0.15) is 30.7 Å². The molecule has 2 aromatic carbocycles. The third-order valence-corrected chi connectivity index (χ3v) is 3.68. The third kappa shape index (κ3) is 3.58. The van der Waals surface area contributed by atoms with Crippen LogP contribution >= 0.6 is 0 Å². The van der Waals surface area contributed by atoms with Gasteiger partial charge in [0.25, 0.3) is 0 Å². The Bertz CT molecular complexity index is 597. The molecule has 0 aliphatic rings. The molecule has 0 saturated heterocycles. The lowest BCUT2D eigenvalue weighted by Crippen LogP contribution is -1.98. The molecule has 0 heterocycles. The number of fused-ring (bicyclic) bond motifs is 1. The van der Waals surface area contributed by atoms with Crippen LogP contribution in [0.4, 0.5) is 0 Å². The van der Waals surface area contributed by atoms with Gasteiger partial charge in [0.2, 0.25) is 0 Å². The summed E-state index contributed by atoms with van der Waals surface area (Å²) in [5, 5.41) is 11.4. The highest BCUT2D eigenvalue weighted by molar-refractivity contribution is 5.83. The molecule has 20 heavy (non-hydrogen) atoms. The predicted molar refractivity (Wildman–Crippen MR) is 87.0 cm³/mol. The number of benzene rings is 2. The Labute approximate surface area is 121 Å². The standard InChI is InChI=1S/C19H22O/c1-3-16(13-15(2)7-6-12-20)19-11-10-17-8-4-5-9-18(17)14-19/h3-5,8-11,14,16,20H,1-2,6-7,12-13H2/t16-/m0/s1. The normalized spacial score (nSPS) is 12.2. The Balaban J connectivity index is 2.16. The molecule has 1 N–H and O–H groups in total. The summed E-state index contributed by atoms with van der Waals surface area (Å²) in [5.74, 6) is 0.297. The van der Waals surface area contributed by atoms with Crippen molar-refractivity contribution in [2.45, 2.75) is 25.2 Å². The molecule has 0 saturated carbocycles. The lowest BCUT2D eigenvalue weighted by atomic mass is 9.90. The van der Waals surface area contributed by atoms with E-state index in [4.69, 9.17) is 5.11 Å². The topological polar surface area (TPSA) is 20.2 Å². The molecule has 0 fully saturated rings. The van der Waals surface area contributed by atoms with E-state index in [9.17, 15) is 0 Å². The fourth-order valence-electron chi connectivity index (χ4n) is 2.52. The van der Waals surface area contributed by atoms with Crippen molar-refractivity contribution in [2.24, 2.45) is 0 Å². The maximum Gasteiger partial charge on any atom is 0.0434 e. The van der Waals surface area contributed by atoms with E-state index >= 15 is 0 Å². The zero-order valence-corrected chi connectivity index (χ0v) is 11.9. The van der Waals surface area contributed by atoms with E-state index in [1.807, 2.05) is 6.08 Å². The van der Waals surface area contributed by atoms with Gasteiger partial charge in [-0.15, -0.1) is 6.58 Å². The van der Waals surface area contributed by atoms with E-state index in [-0.39, 0.29) is 6.61 Å². The summed E-state index contributed by atoms with van der Waals surface area (Å²) in [5.41, 5.74) is 2.46. The molecule has 0 aromatic heterocycles. The minimum absolute atomic E-state index is 0.230. The zero-order valence-electron chi connectivity index (χ0n) is 11.9. The quantitative estimate of drug-likeness (QED) is 0.712. The smallest absolute Gasteiger partial charge is 0.0434 e. The highest BCUT2D eigenvalue weighted by atomic mass is 16.2. The summed E-state index contributed by atoms with van der Waals surface area (Å²) < 4.78 is 0. The van der Waals surface area contributed by atoms with Crippen molar-refractivity contribution < 1.29 is 5.11 Å². The van der Waals surface area contributed by atoms with Gasteiger partial charge >= 0.3 is 0 Å². The Hall–Kier alpha value is -1.86. The molecule has 0 aliphatic heterocycles. The summed E-state index contributed by atoms with van der Waals surface area (Å²) in [4.78, 5) is 0. The Morgan fingerprint density at radius 3 is 2.60 bits per heavy atom. The van der Waals surface area contributed by atoms with Crippen molar-refractivity contribution in [1.82, 2.24) is 0 Å². The van der Waals surface area contributed by atoms with Crippen LogP contribution in [0.2, 0.25) is 0 Å². The molecule has 0 radical (unpaired) electrons. The maximum absolute atomic E-state index is 8.88. The van der Waals surface area contributed by atoms with Crippen molar-refractivity contribution in [1.29, 1.82) is 0 Å². The second-order valence-corrected chi connectivity index (χ2v) is 5.23. The van der Waals surface area contributed by atoms with Crippen LogP contribution in [-0.2, 0) is 0 Å². The molecule has 2 aromatic rings. The second-order valence-electron chi connectivity index (χ2n) is 5.23. The van der Waals surface area contributed by atoms with Gasteiger partial charge in [0, 0.05) is 12.5 Å². The van der Waals surface area contributed by atoms with Gasteiger partial charge in [-0.05, 0) is 35.6 Å². The minimum atomic E-state index is 0.230. The SMILES string of the molecule is C=C[C@@H](CC(=C)CCCO)c1ccc2ccccc2c1. The van der Waals surface area contributed by atoms with Crippen molar-refractivity contribution in [3.63, 3.8) is 0 Å². The summed E-state index contributed by atoms with van der Waals surface area (Å²) in [7, 11) is 0. The number of hydrogen-bond donors (Lipinski definition) is 1. The van der Waals surface area contributed by atoms with Gasteiger partial charge in [-0.3, -0.25) is 0 Å². The Morgan fingerprint density at radius 1 is 1.15 bits per heavy atom. The highest BCUT2D eigenvalue weighted by Crippen LogP contribution is 2.28. The number of aliphatic hydroxyl groups excluding tert-OH is 1. The van der Waals surface area contributed by atoms with E-state index < -0.39 is 0 Å². The first-order chi connectivity index (χ1) is 9.74. The lowest BCUT2D eigenvalue weighted by Gasteiger charge is -2.15. The molecule has 1 nitrogen and oxygen atoms in total. The average molecular weight is 266 g/mol. The number of hydrogen-bond acceptors (Lipinski definition) is 1. The lowest BCUT2D eigenvalue weighted by molar-refractivity contribution is 0.288. The van der Waals surface area contributed by atoms with E-state index in [1.165, 1.54) is 21.9 Å². The molecular formula is C19H22O. The largest absolute Gasteiger partial charge is 0.396 e. The van der Waals surface area contributed by atoms with Crippen LogP contribution < -0.4 is 0 Å². The summed E-state index contributed by atoms with van der Waals surface area (Å²) >= 11 is 0. The maximum atomic E-state index is 8.88.